The highest BCUT2D eigenvalue weighted by molar-refractivity contribution is 5.96. The van der Waals surface area contributed by atoms with Gasteiger partial charge in [0.05, 0.1) is 4.92 Å². The van der Waals surface area contributed by atoms with E-state index in [4.69, 9.17) is 0 Å². The highest BCUT2D eigenvalue weighted by Gasteiger charge is 2.22. The van der Waals surface area contributed by atoms with Gasteiger partial charge in [0.2, 0.25) is 0 Å². The fourth-order valence-electron chi connectivity index (χ4n) is 2.91. The molecule has 1 aliphatic heterocycles. The average molecular weight is 298 g/mol. The van der Waals surface area contributed by atoms with Crippen molar-refractivity contribution >= 4 is 11.5 Å². The Balaban J connectivity index is 2.26. The molecule has 0 atom stereocenters. The van der Waals surface area contributed by atoms with Crippen molar-refractivity contribution in [2.75, 3.05) is 0 Å². The van der Waals surface area contributed by atoms with E-state index >= 15 is 0 Å². The van der Waals surface area contributed by atoms with Gasteiger partial charge in [-0.2, -0.15) is 0 Å². The minimum Gasteiger partial charge on any atom is -0.311 e. The zero-order chi connectivity index (χ0) is 15.9. The van der Waals surface area contributed by atoms with Crippen molar-refractivity contribution in [3.63, 3.8) is 0 Å². The Hall–Kier alpha value is -2.76. The minimum atomic E-state index is -0.500. The van der Waals surface area contributed by atoms with Gasteiger partial charge in [0.1, 0.15) is 0 Å². The van der Waals surface area contributed by atoms with Crippen LogP contribution in [0.15, 0.2) is 35.1 Å². The normalized spacial score (nSPS) is 13.0. The van der Waals surface area contributed by atoms with Gasteiger partial charge in [-0.1, -0.05) is 12.1 Å². The Morgan fingerprint density at radius 3 is 2.77 bits per heavy atom. The van der Waals surface area contributed by atoms with E-state index in [-0.39, 0.29) is 17.0 Å². The van der Waals surface area contributed by atoms with Crippen LogP contribution in [-0.2, 0) is 13.0 Å². The molecule has 0 saturated carbocycles. The molecule has 112 valence electrons. The third-order valence-corrected chi connectivity index (χ3v) is 3.94. The fourth-order valence-corrected chi connectivity index (χ4v) is 2.91. The van der Waals surface area contributed by atoms with Crippen molar-refractivity contribution in [1.29, 1.82) is 0 Å². The molecule has 1 aromatic heterocycles. The van der Waals surface area contributed by atoms with Crippen molar-refractivity contribution < 1.29 is 9.72 Å². The second kappa shape index (κ2) is 5.22. The lowest BCUT2D eigenvalue weighted by atomic mass is 10.0. The second-order valence-corrected chi connectivity index (χ2v) is 5.34. The van der Waals surface area contributed by atoms with Crippen molar-refractivity contribution in [3.05, 3.63) is 62.1 Å². The number of pyridine rings is 1. The number of fused-ring (bicyclic) bond motifs is 1. The third kappa shape index (κ3) is 2.22. The van der Waals surface area contributed by atoms with Crippen molar-refractivity contribution in [2.24, 2.45) is 0 Å². The molecule has 6 heteroatoms. The van der Waals surface area contributed by atoms with E-state index in [1.807, 2.05) is 0 Å². The van der Waals surface area contributed by atoms with Crippen LogP contribution >= 0.6 is 0 Å². The van der Waals surface area contributed by atoms with Crippen LogP contribution < -0.4 is 5.56 Å². The number of hydrogen-bond acceptors (Lipinski definition) is 4. The lowest BCUT2D eigenvalue weighted by Gasteiger charge is -2.11. The first kappa shape index (κ1) is 14.2. The first-order valence-corrected chi connectivity index (χ1v) is 7.01. The summed E-state index contributed by atoms with van der Waals surface area (Å²) in [6.07, 6.45) is 1.54. The molecule has 2 heterocycles. The zero-order valence-corrected chi connectivity index (χ0v) is 12.0. The van der Waals surface area contributed by atoms with Crippen molar-refractivity contribution in [2.45, 2.75) is 26.3 Å². The van der Waals surface area contributed by atoms with Gasteiger partial charge in [-0.15, -0.1) is 0 Å². The maximum atomic E-state index is 12.6. The average Bonchev–Trinajstić information content (AvgIpc) is 2.97. The quantitative estimate of drug-likeness (QED) is 0.495. The van der Waals surface area contributed by atoms with Gasteiger partial charge in [-0.25, -0.2) is 0 Å². The number of non-ortho nitro benzene ring substituents is 1. The lowest BCUT2D eigenvalue weighted by molar-refractivity contribution is -0.384. The number of nitrogens with zero attached hydrogens (tertiary/aromatic N) is 2. The van der Waals surface area contributed by atoms with Crippen LogP contribution in [0.5, 0.6) is 0 Å². The van der Waals surface area contributed by atoms with Gasteiger partial charge < -0.3 is 4.57 Å². The van der Waals surface area contributed by atoms with E-state index in [9.17, 15) is 19.7 Å². The molecule has 6 nitrogen and oxygen atoms in total. The molecule has 2 aromatic rings. The summed E-state index contributed by atoms with van der Waals surface area (Å²) in [5.74, 6) is -0.0997. The molecule has 0 amide bonds. The van der Waals surface area contributed by atoms with Crippen LogP contribution in [0.4, 0.5) is 5.69 Å². The topological polar surface area (TPSA) is 82.2 Å². The van der Waals surface area contributed by atoms with Gasteiger partial charge in [0.15, 0.2) is 5.78 Å². The highest BCUT2D eigenvalue weighted by Crippen LogP contribution is 2.26. The Morgan fingerprint density at radius 1 is 1.32 bits per heavy atom. The maximum absolute atomic E-state index is 12.6. The molecule has 0 saturated heterocycles. The number of nitro benzene ring substituents is 1. The summed E-state index contributed by atoms with van der Waals surface area (Å²) in [5, 5.41) is 10.9. The number of nitro groups is 1. The lowest BCUT2D eigenvalue weighted by Crippen LogP contribution is -2.23. The summed E-state index contributed by atoms with van der Waals surface area (Å²) in [6.45, 7) is 2.05. The summed E-state index contributed by atoms with van der Waals surface area (Å²) in [5.41, 5.74) is 1.82. The number of benzene rings is 1. The number of hydrogen-bond donors (Lipinski definition) is 0. The molecule has 0 aliphatic carbocycles. The van der Waals surface area contributed by atoms with Crippen molar-refractivity contribution in [1.82, 2.24) is 4.57 Å². The predicted octanol–water partition coefficient (Wildman–Crippen LogP) is 2.57. The first-order chi connectivity index (χ1) is 10.5. The largest absolute Gasteiger partial charge is 0.311 e. The number of Topliss-reactive ketones (excluding diaryl/α,β-unsaturated/α-hetero) is 1. The van der Waals surface area contributed by atoms with E-state index < -0.39 is 4.92 Å². The van der Waals surface area contributed by atoms with Crippen LogP contribution in [0.1, 0.15) is 29.4 Å². The molecule has 0 radical (unpaired) electrons. The highest BCUT2D eigenvalue weighted by atomic mass is 16.6. The smallest absolute Gasteiger partial charge is 0.270 e. The van der Waals surface area contributed by atoms with Gasteiger partial charge in [0.25, 0.3) is 11.2 Å². The van der Waals surface area contributed by atoms with E-state index in [1.165, 1.54) is 25.1 Å². The summed E-state index contributed by atoms with van der Waals surface area (Å²) in [6, 6.07) is 7.50. The van der Waals surface area contributed by atoms with Gasteiger partial charge in [-0.05, 0) is 31.4 Å². The Morgan fingerprint density at radius 2 is 2.09 bits per heavy atom. The summed E-state index contributed by atoms with van der Waals surface area (Å²) in [7, 11) is 0. The standard InChI is InChI=1S/C16H14N2O4/c1-10(19)13-9-14(16(20)17-7-3-6-15(13)17)11-4-2-5-12(8-11)18(21)22/h2,4-5,8-9H,3,6-7H2,1H3. The molecule has 0 unspecified atom stereocenters. The van der Waals surface area contributed by atoms with Gasteiger partial charge >= 0.3 is 0 Å². The molecule has 0 spiro atoms. The van der Waals surface area contributed by atoms with Crippen LogP contribution in [-0.4, -0.2) is 15.3 Å². The number of aromatic nitrogens is 1. The van der Waals surface area contributed by atoms with Crippen LogP contribution in [0.3, 0.4) is 0 Å². The van der Waals surface area contributed by atoms with E-state index in [2.05, 4.69) is 0 Å². The van der Waals surface area contributed by atoms with E-state index in [0.717, 1.165) is 12.1 Å². The maximum Gasteiger partial charge on any atom is 0.270 e. The minimum absolute atomic E-state index is 0.0771. The van der Waals surface area contributed by atoms with Crippen LogP contribution in [0, 0.1) is 10.1 Å². The summed E-state index contributed by atoms with van der Waals surface area (Å²) < 4.78 is 1.62. The van der Waals surface area contributed by atoms with E-state index in [1.54, 1.807) is 16.7 Å². The fraction of sp³-hybridized carbons (Fsp3) is 0.250. The molecule has 0 fully saturated rings. The molecular formula is C16H14N2O4. The number of ketones is 1. The summed E-state index contributed by atoms with van der Waals surface area (Å²) >= 11 is 0. The first-order valence-electron chi connectivity index (χ1n) is 7.01. The van der Waals surface area contributed by atoms with Crippen LogP contribution in [0.2, 0.25) is 0 Å². The number of carbonyl (C=O) groups is 1. The zero-order valence-electron chi connectivity index (χ0n) is 12.0. The van der Waals surface area contributed by atoms with Gasteiger partial charge in [0, 0.05) is 35.5 Å². The van der Waals surface area contributed by atoms with Crippen LogP contribution in [0.25, 0.3) is 11.1 Å². The Kier molecular flexibility index (Phi) is 3.36. The molecule has 3 rings (SSSR count). The second-order valence-electron chi connectivity index (χ2n) is 5.34. The van der Waals surface area contributed by atoms with E-state index in [0.29, 0.717) is 29.7 Å². The Labute approximate surface area is 126 Å². The van der Waals surface area contributed by atoms with Gasteiger partial charge in [-0.3, -0.25) is 19.7 Å². The predicted molar refractivity (Wildman–Crippen MR) is 81.1 cm³/mol. The molecule has 22 heavy (non-hydrogen) atoms. The number of carbonyl (C=O) groups excluding carboxylic acids is 1. The van der Waals surface area contributed by atoms with Crippen molar-refractivity contribution in [3.8, 4) is 11.1 Å². The monoisotopic (exact) mass is 298 g/mol. The third-order valence-electron chi connectivity index (χ3n) is 3.94. The molecule has 1 aromatic carbocycles. The summed E-state index contributed by atoms with van der Waals surface area (Å²) in [4.78, 5) is 34.9. The molecular weight excluding hydrogens is 284 g/mol. The SMILES string of the molecule is CC(=O)c1cc(-c2cccc([N+](=O)[O-])c2)c(=O)n2c1CCC2. The molecule has 1 aliphatic rings. The molecule has 0 N–H and O–H groups in total. The Bertz CT molecular complexity index is 852. The molecule has 0 bridgehead atoms. The number of rotatable bonds is 3.